The van der Waals surface area contributed by atoms with Gasteiger partial charge in [-0.1, -0.05) is 12.1 Å². The smallest absolute Gasteiger partial charge is 0.306 e. The third-order valence-electron chi connectivity index (χ3n) is 2.60. The summed E-state index contributed by atoms with van der Waals surface area (Å²) >= 11 is 0. The van der Waals surface area contributed by atoms with Gasteiger partial charge in [-0.2, -0.15) is 0 Å². The van der Waals surface area contributed by atoms with Gasteiger partial charge in [0, 0.05) is 17.8 Å². The molecule has 0 fully saturated rings. The zero-order valence-electron chi connectivity index (χ0n) is 8.19. The molecule has 0 aliphatic heterocycles. The lowest BCUT2D eigenvalue weighted by molar-refractivity contribution is 1.03. The number of aryl methyl sites for hydroxylation is 1. The van der Waals surface area contributed by atoms with E-state index in [0.29, 0.717) is 5.65 Å². The van der Waals surface area contributed by atoms with Crippen molar-refractivity contribution in [3.63, 3.8) is 0 Å². The molecule has 15 heavy (non-hydrogen) atoms. The minimum absolute atomic E-state index is 0.152. The Morgan fingerprint density at radius 1 is 1.40 bits per heavy atom. The van der Waals surface area contributed by atoms with E-state index in [2.05, 4.69) is 9.97 Å². The summed E-state index contributed by atoms with van der Waals surface area (Å²) < 4.78 is 1.52. The van der Waals surface area contributed by atoms with Gasteiger partial charge < -0.3 is 4.98 Å². The van der Waals surface area contributed by atoms with Crippen LogP contribution in [0.3, 0.4) is 0 Å². The first-order chi connectivity index (χ1) is 7.27. The second kappa shape index (κ2) is 2.70. The molecule has 1 aromatic carbocycles. The first-order valence-electron chi connectivity index (χ1n) is 4.72. The fourth-order valence-electron chi connectivity index (χ4n) is 1.90. The standard InChI is InChI=1S/C11H9N3O/c1-7-3-2-4-8-9(7)10-12-5-6-14(10)11(15)13-8/h2-6H,1H3,(H,13,15). The third-order valence-corrected chi connectivity index (χ3v) is 2.60. The highest BCUT2D eigenvalue weighted by Gasteiger charge is 2.06. The highest BCUT2D eigenvalue weighted by atomic mass is 16.1. The number of aromatic amines is 1. The summed E-state index contributed by atoms with van der Waals surface area (Å²) in [7, 11) is 0. The number of hydrogen-bond acceptors (Lipinski definition) is 2. The zero-order valence-corrected chi connectivity index (χ0v) is 8.19. The molecule has 3 aromatic rings. The van der Waals surface area contributed by atoms with Crippen molar-refractivity contribution in [3.05, 3.63) is 46.6 Å². The summed E-state index contributed by atoms with van der Waals surface area (Å²) in [6.45, 7) is 2.01. The van der Waals surface area contributed by atoms with Crippen molar-refractivity contribution < 1.29 is 0 Å². The van der Waals surface area contributed by atoms with Gasteiger partial charge in [-0.15, -0.1) is 0 Å². The predicted molar refractivity (Wildman–Crippen MR) is 58.1 cm³/mol. The van der Waals surface area contributed by atoms with Gasteiger partial charge in [0.15, 0.2) is 0 Å². The van der Waals surface area contributed by atoms with Crippen molar-refractivity contribution in [1.82, 2.24) is 14.4 Å². The largest absolute Gasteiger partial charge is 0.331 e. The van der Waals surface area contributed by atoms with Crippen molar-refractivity contribution in [2.75, 3.05) is 0 Å². The van der Waals surface area contributed by atoms with Gasteiger partial charge in [-0.25, -0.2) is 9.78 Å². The summed E-state index contributed by atoms with van der Waals surface area (Å²) in [5, 5.41) is 1.00. The van der Waals surface area contributed by atoms with E-state index in [4.69, 9.17) is 0 Å². The van der Waals surface area contributed by atoms with Gasteiger partial charge in [0.05, 0.1) is 5.52 Å². The van der Waals surface area contributed by atoms with Crippen molar-refractivity contribution >= 4 is 16.6 Å². The minimum Gasteiger partial charge on any atom is -0.306 e. The first-order valence-corrected chi connectivity index (χ1v) is 4.72. The lowest BCUT2D eigenvalue weighted by Crippen LogP contribution is -2.15. The van der Waals surface area contributed by atoms with Crippen molar-refractivity contribution in [2.45, 2.75) is 6.92 Å². The maximum Gasteiger partial charge on any atom is 0.331 e. The number of rotatable bonds is 0. The van der Waals surface area contributed by atoms with Crippen LogP contribution in [-0.2, 0) is 0 Å². The molecule has 0 radical (unpaired) electrons. The molecule has 0 bridgehead atoms. The Balaban J connectivity index is 2.74. The molecule has 1 N–H and O–H groups in total. The SMILES string of the molecule is Cc1cccc2[nH]c(=O)n3ccnc3c12. The molecule has 0 amide bonds. The second-order valence-corrected chi connectivity index (χ2v) is 3.55. The Labute approximate surface area is 85.2 Å². The van der Waals surface area contributed by atoms with E-state index in [1.807, 2.05) is 25.1 Å². The number of benzene rings is 1. The van der Waals surface area contributed by atoms with Crippen LogP contribution >= 0.6 is 0 Å². The molecule has 0 saturated carbocycles. The molecule has 4 nitrogen and oxygen atoms in total. The van der Waals surface area contributed by atoms with E-state index in [9.17, 15) is 4.79 Å². The molecule has 0 saturated heterocycles. The van der Waals surface area contributed by atoms with E-state index < -0.39 is 0 Å². The molecule has 0 unspecified atom stereocenters. The van der Waals surface area contributed by atoms with Crippen LogP contribution in [0.4, 0.5) is 0 Å². The number of hydrogen-bond donors (Lipinski definition) is 1. The summed E-state index contributed by atoms with van der Waals surface area (Å²) in [6.07, 6.45) is 3.30. The predicted octanol–water partition coefficient (Wildman–Crippen LogP) is 1.48. The average molecular weight is 199 g/mol. The molecule has 2 aromatic heterocycles. The maximum absolute atomic E-state index is 11.6. The van der Waals surface area contributed by atoms with Crippen molar-refractivity contribution in [2.24, 2.45) is 0 Å². The molecule has 74 valence electrons. The first kappa shape index (κ1) is 8.23. The molecule has 0 aliphatic rings. The number of nitrogens with one attached hydrogen (secondary N) is 1. The quantitative estimate of drug-likeness (QED) is 0.596. The summed E-state index contributed by atoms with van der Waals surface area (Å²) in [5.41, 5.74) is 2.51. The van der Waals surface area contributed by atoms with Crippen LogP contribution < -0.4 is 5.69 Å². The summed E-state index contributed by atoms with van der Waals surface area (Å²) in [5.74, 6) is 0. The van der Waals surface area contributed by atoms with Gasteiger partial charge in [-0.3, -0.25) is 4.40 Å². The highest BCUT2D eigenvalue weighted by molar-refractivity contribution is 5.93. The topological polar surface area (TPSA) is 50.2 Å². The van der Waals surface area contributed by atoms with E-state index in [1.165, 1.54) is 4.40 Å². The molecule has 3 rings (SSSR count). The number of nitrogens with zero attached hydrogens (tertiary/aromatic N) is 2. The molecule has 0 atom stereocenters. The monoisotopic (exact) mass is 199 g/mol. The fraction of sp³-hybridized carbons (Fsp3) is 0.0909. The zero-order chi connectivity index (χ0) is 10.4. The van der Waals surface area contributed by atoms with Gasteiger partial charge >= 0.3 is 5.69 Å². The average Bonchev–Trinajstić information content (AvgIpc) is 2.66. The minimum atomic E-state index is -0.152. The van der Waals surface area contributed by atoms with Crippen LogP contribution in [0.2, 0.25) is 0 Å². The number of H-pyrrole nitrogens is 1. The van der Waals surface area contributed by atoms with Crippen molar-refractivity contribution in [1.29, 1.82) is 0 Å². The van der Waals surface area contributed by atoms with Gasteiger partial charge in [0.25, 0.3) is 0 Å². The number of fused-ring (bicyclic) bond motifs is 3. The molecular weight excluding hydrogens is 190 g/mol. The third kappa shape index (κ3) is 1.01. The summed E-state index contributed by atoms with van der Waals surface area (Å²) in [6, 6.07) is 5.82. The maximum atomic E-state index is 11.6. The molecule has 0 spiro atoms. The Morgan fingerprint density at radius 2 is 2.27 bits per heavy atom. The van der Waals surface area contributed by atoms with Crippen LogP contribution in [0.15, 0.2) is 35.4 Å². The lowest BCUT2D eigenvalue weighted by Gasteiger charge is -2.02. The summed E-state index contributed by atoms with van der Waals surface area (Å²) in [4.78, 5) is 18.7. The van der Waals surface area contributed by atoms with Crippen LogP contribution in [0.5, 0.6) is 0 Å². The Bertz CT molecular complexity index is 708. The Morgan fingerprint density at radius 3 is 3.13 bits per heavy atom. The second-order valence-electron chi connectivity index (χ2n) is 3.55. The van der Waals surface area contributed by atoms with Crippen LogP contribution in [0.1, 0.15) is 5.56 Å². The van der Waals surface area contributed by atoms with Gasteiger partial charge in [0.1, 0.15) is 5.65 Å². The van der Waals surface area contributed by atoms with E-state index in [-0.39, 0.29) is 5.69 Å². The van der Waals surface area contributed by atoms with Crippen LogP contribution in [0, 0.1) is 6.92 Å². The van der Waals surface area contributed by atoms with Gasteiger partial charge in [0.2, 0.25) is 0 Å². The van der Waals surface area contributed by atoms with Crippen LogP contribution in [-0.4, -0.2) is 14.4 Å². The molecule has 4 heteroatoms. The van der Waals surface area contributed by atoms with Gasteiger partial charge in [-0.05, 0) is 18.6 Å². The number of imidazole rings is 1. The van der Waals surface area contributed by atoms with Crippen LogP contribution in [0.25, 0.3) is 16.6 Å². The normalized spacial score (nSPS) is 11.3. The molecule has 2 heterocycles. The van der Waals surface area contributed by atoms with Crippen molar-refractivity contribution in [3.8, 4) is 0 Å². The fourth-order valence-corrected chi connectivity index (χ4v) is 1.90. The molecule has 0 aliphatic carbocycles. The van der Waals surface area contributed by atoms with E-state index in [0.717, 1.165) is 16.5 Å². The lowest BCUT2D eigenvalue weighted by atomic mass is 10.1. The Hall–Kier alpha value is -2.10. The van der Waals surface area contributed by atoms with E-state index in [1.54, 1.807) is 12.4 Å². The molecular formula is C11H9N3O. The highest BCUT2D eigenvalue weighted by Crippen LogP contribution is 2.18. The Kier molecular flexibility index (Phi) is 1.48. The van der Waals surface area contributed by atoms with E-state index >= 15 is 0 Å². The number of aromatic nitrogens is 3.